The standard InChI is InChI=1S/C24H46N4S6/c1-21(2)17-27-11-9-25(19(27)23(5,6)33-31-21)13-15-29-30-16-14-26-10-12-28-18-22(3,4)32-34-24(7,8)20(26)28/h19-20H,9-18H2,1-8H3. The number of fused-ring (bicyclic) bond motifs is 2. The van der Waals surface area contributed by atoms with E-state index in [2.05, 4.69) is 140 Å². The van der Waals surface area contributed by atoms with Crippen molar-refractivity contribution in [3.05, 3.63) is 0 Å². The second-order valence-electron chi connectivity index (χ2n) is 12.5. The van der Waals surface area contributed by atoms with Crippen molar-refractivity contribution < 1.29 is 0 Å². The quantitative estimate of drug-likeness (QED) is 0.255. The van der Waals surface area contributed by atoms with Crippen LogP contribution in [0.25, 0.3) is 0 Å². The van der Waals surface area contributed by atoms with Crippen LogP contribution in [0.5, 0.6) is 0 Å². The van der Waals surface area contributed by atoms with E-state index >= 15 is 0 Å². The Hall–Kier alpha value is 1.94. The molecular weight excluding hydrogens is 537 g/mol. The van der Waals surface area contributed by atoms with Crippen LogP contribution in [-0.2, 0) is 0 Å². The van der Waals surface area contributed by atoms with Crippen molar-refractivity contribution in [2.75, 3.05) is 63.9 Å². The van der Waals surface area contributed by atoms with E-state index in [1.54, 1.807) is 0 Å². The highest BCUT2D eigenvalue weighted by molar-refractivity contribution is 8.78. The monoisotopic (exact) mass is 582 g/mol. The fraction of sp³-hybridized carbons (Fsp3) is 1.00. The summed E-state index contributed by atoms with van der Waals surface area (Å²) in [7, 11) is 12.6. The molecule has 4 aliphatic heterocycles. The zero-order chi connectivity index (χ0) is 24.8. The molecule has 4 rings (SSSR count). The number of rotatable bonds is 7. The lowest BCUT2D eigenvalue weighted by atomic mass is 10.1. The maximum atomic E-state index is 2.77. The van der Waals surface area contributed by atoms with Gasteiger partial charge in [-0.05, 0) is 55.4 Å². The van der Waals surface area contributed by atoms with Gasteiger partial charge in [0.2, 0.25) is 0 Å². The van der Waals surface area contributed by atoms with Crippen LogP contribution in [0.3, 0.4) is 0 Å². The van der Waals surface area contributed by atoms with Crippen molar-refractivity contribution in [3.63, 3.8) is 0 Å². The molecule has 0 bridgehead atoms. The van der Waals surface area contributed by atoms with Crippen LogP contribution in [0.4, 0.5) is 0 Å². The van der Waals surface area contributed by atoms with E-state index in [0.717, 1.165) is 0 Å². The molecule has 0 aromatic heterocycles. The minimum Gasteiger partial charge on any atom is -0.285 e. The van der Waals surface area contributed by atoms with Gasteiger partial charge in [0.1, 0.15) is 0 Å². The van der Waals surface area contributed by atoms with E-state index in [1.165, 1.54) is 63.9 Å². The molecule has 0 saturated carbocycles. The van der Waals surface area contributed by atoms with Crippen LogP contribution in [0, 0.1) is 0 Å². The zero-order valence-corrected chi connectivity index (χ0v) is 27.4. The van der Waals surface area contributed by atoms with Gasteiger partial charge in [0.15, 0.2) is 0 Å². The number of nitrogens with zero attached hydrogens (tertiary/aromatic N) is 4. The third-order valence-electron chi connectivity index (χ3n) is 7.11. The molecule has 0 aliphatic carbocycles. The summed E-state index contributed by atoms with van der Waals surface area (Å²) in [5.74, 6) is 2.46. The van der Waals surface area contributed by atoms with Crippen LogP contribution in [0.2, 0.25) is 0 Å². The smallest absolute Gasteiger partial charge is 0.0778 e. The predicted molar refractivity (Wildman–Crippen MR) is 165 cm³/mol. The average Bonchev–Trinajstić information content (AvgIpc) is 3.27. The summed E-state index contributed by atoms with van der Waals surface area (Å²) >= 11 is 0. The third kappa shape index (κ3) is 6.92. The Morgan fingerprint density at radius 3 is 1.35 bits per heavy atom. The van der Waals surface area contributed by atoms with Gasteiger partial charge >= 0.3 is 0 Å². The second kappa shape index (κ2) is 11.2. The molecule has 0 aromatic rings. The predicted octanol–water partition coefficient (Wildman–Crippen LogP) is 6.16. The van der Waals surface area contributed by atoms with Crippen molar-refractivity contribution in [2.24, 2.45) is 0 Å². The number of hydrogen-bond acceptors (Lipinski definition) is 10. The fourth-order valence-corrected chi connectivity index (χ4v) is 13.6. The molecule has 0 aromatic carbocycles. The Morgan fingerprint density at radius 1 is 0.588 bits per heavy atom. The van der Waals surface area contributed by atoms with Gasteiger partial charge in [0, 0.05) is 82.9 Å². The highest BCUT2D eigenvalue weighted by Crippen LogP contribution is 2.52. The summed E-state index contributed by atoms with van der Waals surface area (Å²) in [5, 5.41) is 0. The Labute approximate surface area is 233 Å². The van der Waals surface area contributed by atoms with Gasteiger partial charge in [0.05, 0.1) is 12.3 Å². The first-order chi connectivity index (χ1) is 15.8. The lowest BCUT2D eigenvalue weighted by Gasteiger charge is -2.39. The third-order valence-corrected chi connectivity index (χ3v) is 17.9. The maximum absolute atomic E-state index is 2.77. The Balaban J connectivity index is 1.21. The van der Waals surface area contributed by atoms with Crippen LogP contribution in [0.1, 0.15) is 55.4 Å². The van der Waals surface area contributed by atoms with Crippen LogP contribution >= 0.6 is 64.8 Å². The minimum absolute atomic E-state index is 0.269. The maximum Gasteiger partial charge on any atom is 0.0778 e. The molecule has 0 N–H and O–H groups in total. The van der Waals surface area contributed by atoms with Crippen molar-refractivity contribution in [2.45, 2.75) is 86.7 Å². The molecule has 0 radical (unpaired) electrons. The van der Waals surface area contributed by atoms with Crippen molar-refractivity contribution in [3.8, 4) is 0 Å². The molecule has 4 heterocycles. The summed E-state index contributed by atoms with van der Waals surface area (Å²) in [6, 6.07) is 0. The summed E-state index contributed by atoms with van der Waals surface area (Å²) in [6.07, 6.45) is 1.15. The van der Waals surface area contributed by atoms with E-state index < -0.39 is 0 Å². The van der Waals surface area contributed by atoms with E-state index in [1.807, 2.05) is 0 Å². The molecule has 0 spiro atoms. The molecule has 0 amide bonds. The summed E-state index contributed by atoms with van der Waals surface area (Å²) in [6.45, 7) is 29.2. The molecule has 34 heavy (non-hydrogen) atoms. The zero-order valence-electron chi connectivity index (χ0n) is 22.5. The topological polar surface area (TPSA) is 13.0 Å². The van der Waals surface area contributed by atoms with E-state index in [-0.39, 0.29) is 9.49 Å². The summed E-state index contributed by atoms with van der Waals surface area (Å²) in [5.41, 5.74) is 0. The van der Waals surface area contributed by atoms with Crippen LogP contribution in [-0.4, -0.2) is 115 Å². The van der Waals surface area contributed by atoms with Gasteiger partial charge in [0.25, 0.3) is 0 Å². The first kappa shape index (κ1) is 28.9. The molecular formula is C24H46N4S6. The summed E-state index contributed by atoms with van der Waals surface area (Å²) in [4.78, 5) is 11.1. The first-order valence-electron chi connectivity index (χ1n) is 12.7. The van der Waals surface area contributed by atoms with Crippen molar-refractivity contribution in [1.82, 2.24) is 19.6 Å². The summed E-state index contributed by atoms with van der Waals surface area (Å²) < 4.78 is 1.21. The Morgan fingerprint density at radius 2 is 0.971 bits per heavy atom. The van der Waals surface area contributed by atoms with Gasteiger partial charge in [-0.2, -0.15) is 0 Å². The fourth-order valence-electron chi connectivity index (χ4n) is 6.01. The first-order valence-corrected chi connectivity index (χ1v) is 19.5. The molecule has 198 valence electrons. The molecule has 4 fully saturated rings. The minimum atomic E-state index is 0.269. The Kier molecular flexibility index (Phi) is 9.53. The molecule has 10 heteroatoms. The van der Waals surface area contributed by atoms with Crippen LogP contribution < -0.4 is 0 Å². The van der Waals surface area contributed by atoms with Gasteiger partial charge in [-0.15, -0.1) is 0 Å². The average molecular weight is 583 g/mol. The molecule has 4 aliphatic rings. The van der Waals surface area contributed by atoms with E-state index in [4.69, 9.17) is 0 Å². The lowest BCUT2D eigenvalue weighted by Crippen LogP contribution is -2.52. The molecule has 2 atom stereocenters. The van der Waals surface area contributed by atoms with E-state index in [0.29, 0.717) is 21.8 Å². The Bertz CT molecular complexity index is 645. The van der Waals surface area contributed by atoms with Crippen molar-refractivity contribution in [1.29, 1.82) is 0 Å². The lowest BCUT2D eigenvalue weighted by molar-refractivity contribution is 0.109. The van der Waals surface area contributed by atoms with Gasteiger partial charge in [-0.3, -0.25) is 19.6 Å². The van der Waals surface area contributed by atoms with Gasteiger partial charge in [-0.25, -0.2) is 0 Å². The molecule has 4 nitrogen and oxygen atoms in total. The van der Waals surface area contributed by atoms with Crippen LogP contribution in [0.15, 0.2) is 0 Å². The highest BCUT2D eigenvalue weighted by atomic mass is 33.1. The normalized spacial score (nSPS) is 33.9. The van der Waals surface area contributed by atoms with E-state index in [9.17, 15) is 0 Å². The molecule has 2 unspecified atom stereocenters. The SMILES string of the molecule is CC1(C)CN2CCN(CCSSCCN3CCN4CC(C)(C)SSC(C)(C)C34)C2C(C)(C)SS1. The van der Waals surface area contributed by atoms with Crippen molar-refractivity contribution >= 4 is 64.8 Å². The highest BCUT2D eigenvalue weighted by Gasteiger charge is 2.49. The number of hydrogen-bond donors (Lipinski definition) is 0. The molecule has 4 saturated heterocycles. The second-order valence-corrected chi connectivity index (χ2v) is 22.1. The van der Waals surface area contributed by atoms with Gasteiger partial charge < -0.3 is 0 Å². The largest absolute Gasteiger partial charge is 0.285 e. The van der Waals surface area contributed by atoms with Gasteiger partial charge in [-0.1, -0.05) is 64.8 Å².